The van der Waals surface area contributed by atoms with Crippen LogP contribution < -0.4 is 15.2 Å². The van der Waals surface area contributed by atoms with Gasteiger partial charge in [0.05, 0.1) is 7.11 Å². The summed E-state index contributed by atoms with van der Waals surface area (Å²) < 4.78 is 11.3. The molecule has 0 aliphatic heterocycles. The molecule has 0 saturated carbocycles. The van der Waals surface area contributed by atoms with Crippen LogP contribution in [0.4, 0.5) is 0 Å². The first-order valence-corrected chi connectivity index (χ1v) is 7.91. The molecule has 4 nitrogen and oxygen atoms in total. The van der Waals surface area contributed by atoms with E-state index < -0.39 is 0 Å². The molecule has 0 fully saturated rings. The van der Waals surface area contributed by atoms with Gasteiger partial charge in [-0.15, -0.1) is 11.3 Å². The Balaban J connectivity index is 2.26. The van der Waals surface area contributed by atoms with Crippen molar-refractivity contribution in [1.29, 1.82) is 0 Å². The van der Waals surface area contributed by atoms with Crippen LogP contribution >= 0.6 is 22.9 Å². The normalized spacial score (nSPS) is 12.2. The van der Waals surface area contributed by atoms with Gasteiger partial charge in [-0.2, -0.15) is 0 Å². The van der Waals surface area contributed by atoms with Crippen LogP contribution in [0, 0.1) is 6.92 Å². The van der Waals surface area contributed by atoms with Gasteiger partial charge in [-0.3, -0.25) is 0 Å². The molecule has 2 N–H and O–H groups in total. The van der Waals surface area contributed by atoms with Crippen LogP contribution in [0.3, 0.4) is 0 Å². The maximum atomic E-state index is 6.12. The van der Waals surface area contributed by atoms with Gasteiger partial charge in [0.2, 0.25) is 0 Å². The second-order valence-corrected chi connectivity index (χ2v) is 6.33. The van der Waals surface area contributed by atoms with Crippen molar-refractivity contribution in [2.45, 2.75) is 32.9 Å². The van der Waals surface area contributed by atoms with Crippen molar-refractivity contribution in [3.8, 4) is 11.5 Å². The van der Waals surface area contributed by atoms with Crippen LogP contribution in [0.2, 0.25) is 5.02 Å². The standard InChI is InChI=1S/C15H19ClN2O2S/c1-9(17)4-11-5-12(16)6-13(19-3)15(11)20-7-14-18-10(2)8-21-14/h5-6,8-9H,4,7,17H2,1-3H3. The summed E-state index contributed by atoms with van der Waals surface area (Å²) in [6, 6.07) is 3.63. The van der Waals surface area contributed by atoms with Crippen LogP contribution in [0.5, 0.6) is 11.5 Å². The van der Waals surface area contributed by atoms with E-state index in [-0.39, 0.29) is 6.04 Å². The summed E-state index contributed by atoms with van der Waals surface area (Å²) >= 11 is 7.70. The Kier molecular flexibility index (Phi) is 5.45. The first kappa shape index (κ1) is 16.1. The molecule has 21 heavy (non-hydrogen) atoms. The van der Waals surface area contributed by atoms with Crippen molar-refractivity contribution in [1.82, 2.24) is 4.98 Å². The van der Waals surface area contributed by atoms with Gasteiger partial charge >= 0.3 is 0 Å². The summed E-state index contributed by atoms with van der Waals surface area (Å²) in [5.41, 5.74) is 7.84. The SMILES string of the molecule is COc1cc(Cl)cc(CC(C)N)c1OCc1nc(C)cs1. The Morgan fingerprint density at radius 1 is 1.43 bits per heavy atom. The lowest BCUT2D eigenvalue weighted by Crippen LogP contribution is -2.18. The molecule has 0 bridgehead atoms. The molecule has 6 heteroatoms. The zero-order valence-corrected chi connectivity index (χ0v) is 13.9. The average Bonchev–Trinajstić information content (AvgIpc) is 2.82. The highest BCUT2D eigenvalue weighted by atomic mass is 35.5. The third-order valence-electron chi connectivity index (χ3n) is 2.86. The van der Waals surface area contributed by atoms with Gasteiger partial charge in [0.1, 0.15) is 11.6 Å². The minimum absolute atomic E-state index is 0.0117. The van der Waals surface area contributed by atoms with Crippen molar-refractivity contribution >= 4 is 22.9 Å². The van der Waals surface area contributed by atoms with Crippen molar-refractivity contribution < 1.29 is 9.47 Å². The minimum atomic E-state index is 0.0117. The number of thiazole rings is 1. The molecule has 1 heterocycles. The average molecular weight is 327 g/mol. The van der Waals surface area contributed by atoms with E-state index in [9.17, 15) is 0 Å². The number of aryl methyl sites for hydroxylation is 1. The van der Waals surface area contributed by atoms with E-state index in [0.29, 0.717) is 29.5 Å². The van der Waals surface area contributed by atoms with E-state index in [2.05, 4.69) is 4.98 Å². The lowest BCUT2D eigenvalue weighted by Gasteiger charge is -2.16. The zero-order chi connectivity index (χ0) is 15.4. The molecule has 0 spiro atoms. The smallest absolute Gasteiger partial charge is 0.165 e. The first-order chi connectivity index (χ1) is 9.99. The van der Waals surface area contributed by atoms with Crippen molar-refractivity contribution in [2.24, 2.45) is 5.73 Å². The highest BCUT2D eigenvalue weighted by Gasteiger charge is 2.15. The van der Waals surface area contributed by atoms with E-state index >= 15 is 0 Å². The Bertz CT molecular complexity index is 614. The van der Waals surface area contributed by atoms with Crippen molar-refractivity contribution in [3.63, 3.8) is 0 Å². The van der Waals surface area contributed by atoms with Crippen LogP contribution in [0.25, 0.3) is 0 Å². The van der Waals surface area contributed by atoms with Gasteiger partial charge in [0.25, 0.3) is 0 Å². The minimum Gasteiger partial charge on any atom is -0.493 e. The fraction of sp³-hybridized carbons (Fsp3) is 0.400. The Hall–Kier alpha value is -1.30. The zero-order valence-electron chi connectivity index (χ0n) is 12.4. The summed E-state index contributed by atoms with van der Waals surface area (Å²) in [6.45, 7) is 4.31. The number of rotatable bonds is 6. The molecule has 114 valence electrons. The second kappa shape index (κ2) is 7.11. The summed E-state index contributed by atoms with van der Waals surface area (Å²) in [7, 11) is 1.60. The molecule has 1 unspecified atom stereocenters. The second-order valence-electron chi connectivity index (χ2n) is 4.95. The molecule has 2 rings (SSSR count). The third kappa shape index (κ3) is 4.33. The highest BCUT2D eigenvalue weighted by molar-refractivity contribution is 7.09. The maximum absolute atomic E-state index is 6.12. The van der Waals surface area contributed by atoms with Gasteiger partial charge in [-0.05, 0) is 26.3 Å². The largest absolute Gasteiger partial charge is 0.493 e. The number of ether oxygens (including phenoxy) is 2. The van der Waals surface area contributed by atoms with E-state index in [0.717, 1.165) is 16.3 Å². The number of nitrogens with zero attached hydrogens (tertiary/aromatic N) is 1. The summed E-state index contributed by atoms with van der Waals surface area (Å²) in [4.78, 5) is 4.39. The molecule has 0 aliphatic rings. The number of methoxy groups -OCH3 is 1. The quantitative estimate of drug-likeness (QED) is 0.881. The Labute approximate surface area is 133 Å². The molecular weight excluding hydrogens is 308 g/mol. The molecule has 1 aromatic heterocycles. The lowest BCUT2D eigenvalue weighted by atomic mass is 10.1. The predicted molar refractivity (Wildman–Crippen MR) is 86.5 cm³/mol. The van der Waals surface area contributed by atoms with E-state index in [4.69, 9.17) is 26.8 Å². The van der Waals surface area contributed by atoms with Crippen molar-refractivity contribution in [3.05, 3.63) is 38.8 Å². The Morgan fingerprint density at radius 3 is 2.76 bits per heavy atom. The summed E-state index contributed by atoms with van der Waals surface area (Å²) in [6.07, 6.45) is 0.670. The molecular formula is C15H19ClN2O2S. The molecule has 1 atom stereocenters. The molecule has 0 radical (unpaired) electrons. The topological polar surface area (TPSA) is 57.4 Å². The van der Waals surface area contributed by atoms with Gasteiger partial charge in [-0.25, -0.2) is 4.98 Å². The van der Waals surface area contributed by atoms with Crippen LogP contribution in [0.15, 0.2) is 17.5 Å². The van der Waals surface area contributed by atoms with Crippen LogP contribution in [-0.4, -0.2) is 18.1 Å². The van der Waals surface area contributed by atoms with E-state index in [1.54, 1.807) is 24.5 Å². The lowest BCUT2D eigenvalue weighted by molar-refractivity contribution is 0.280. The van der Waals surface area contributed by atoms with Crippen molar-refractivity contribution in [2.75, 3.05) is 7.11 Å². The van der Waals surface area contributed by atoms with Gasteiger partial charge in [-0.1, -0.05) is 11.6 Å². The molecule has 2 aromatic rings. The predicted octanol–water partition coefficient (Wildman–Crippen LogP) is 3.58. The maximum Gasteiger partial charge on any atom is 0.165 e. The summed E-state index contributed by atoms with van der Waals surface area (Å²) in [5.74, 6) is 1.30. The number of benzene rings is 1. The van der Waals surface area contributed by atoms with Crippen LogP contribution in [-0.2, 0) is 13.0 Å². The number of hydrogen-bond donors (Lipinski definition) is 1. The first-order valence-electron chi connectivity index (χ1n) is 6.65. The highest BCUT2D eigenvalue weighted by Crippen LogP contribution is 2.36. The number of hydrogen-bond acceptors (Lipinski definition) is 5. The third-order valence-corrected chi connectivity index (χ3v) is 4.02. The molecule has 0 amide bonds. The van der Waals surface area contributed by atoms with E-state index in [1.165, 1.54) is 0 Å². The molecule has 0 aliphatic carbocycles. The van der Waals surface area contributed by atoms with E-state index in [1.807, 2.05) is 25.3 Å². The van der Waals surface area contributed by atoms with Gasteiger partial charge in [0, 0.05) is 33.8 Å². The fourth-order valence-electron chi connectivity index (χ4n) is 2.04. The monoisotopic (exact) mass is 326 g/mol. The molecule has 1 aromatic carbocycles. The number of nitrogens with two attached hydrogens (primary N) is 1. The van der Waals surface area contributed by atoms with Gasteiger partial charge < -0.3 is 15.2 Å². The fourth-order valence-corrected chi connectivity index (χ4v) is 2.95. The Morgan fingerprint density at radius 2 is 2.19 bits per heavy atom. The van der Waals surface area contributed by atoms with Gasteiger partial charge in [0.15, 0.2) is 11.5 Å². The molecule has 0 saturated heterocycles. The summed E-state index contributed by atoms with van der Waals surface area (Å²) in [5, 5.41) is 3.54. The number of aromatic nitrogens is 1. The number of halogens is 1. The van der Waals surface area contributed by atoms with Crippen LogP contribution in [0.1, 0.15) is 23.2 Å².